The molecule has 0 bridgehead atoms. The molecule has 0 aliphatic heterocycles. The van der Waals surface area contributed by atoms with Crippen LogP contribution in [0.5, 0.6) is 0 Å². The van der Waals surface area contributed by atoms with Crippen LogP contribution in [0, 0.1) is 0 Å². The zero-order valence-electron chi connectivity index (χ0n) is 44.1. The number of allylic oxidation sites excluding steroid dienone is 8. The summed E-state index contributed by atoms with van der Waals surface area (Å²) in [5, 5.41) is 22.0. The molecule has 0 aromatic rings. The lowest BCUT2D eigenvalue weighted by Crippen LogP contribution is -2.43. The molecule has 1 amide bonds. The number of unbranched alkanes of at least 4 members (excludes halogenated alkanes) is 31. The fourth-order valence-electron chi connectivity index (χ4n) is 8.01. The molecule has 12 heteroatoms. The maximum absolute atomic E-state index is 12.4. The number of aliphatic hydroxyl groups is 1. The van der Waals surface area contributed by atoms with E-state index < -0.39 is 57.6 Å². The van der Waals surface area contributed by atoms with E-state index in [9.17, 15) is 34.1 Å². The van der Waals surface area contributed by atoms with Gasteiger partial charge in [-0.05, 0) is 57.8 Å². The van der Waals surface area contributed by atoms with E-state index in [1.54, 1.807) is 0 Å². The predicted molar refractivity (Wildman–Crippen MR) is 286 cm³/mol. The highest BCUT2D eigenvalue weighted by atomic mass is 31.2. The summed E-state index contributed by atoms with van der Waals surface area (Å²) in [6.45, 7) is 2.61. The lowest BCUT2D eigenvalue weighted by Gasteiger charge is -2.18. The van der Waals surface area contributed by atoms with E-state index >= 15 is 0 Å². The maximum atomic E-state index is 12.4. The molecule has 0 fully saturated rings. The second-order valence-corrected chi connectivity index (χ2v) is 20.6. The van der Waals surface area contributed by atoms with Gasteiger partial charge in [0.05, 0.1) is 13.2 Å². The molecule has 3 unspecified atom stereocenters. The summed E-state index contributed by atoms with van der Waals surface area (Å²) in [5.74, 6) is -2.37. The molecule has 11 nitrogen and oxygen atoms in total. The van der Waals surface area contributed by atoms with Gasteiger partial charge in [-0.3, -0.25) is 18.6 Å². The number of aliphatic hydroxyl groups excluding tert-OH is 1. The van der Waals surface area contributed by atoms with Crippen molar-refractivity contribution in [1.82, 2.24) is 5.32 Å². The van der Waals surface area contributed by atoms with Crippen LogP contribution in [0.3, 0.4) is 0 Å². The zero-order chi connectivity index (χ0) is 50.6. The van der Waals surface area contributed by atoms with Crippen LogP contribution >= 0.6 is 7.82 Å². The maximum Gasteiger partial charge on any atom is 0.472 e. The molecule has 0 heterocycles. The number of phosphoric ester groups is 1. The van der Waals surface area contributed by atoms with Gasteiger partial charge in [0, 0.05) is 12.8 Å². The van der Waals surface area contributed by atoms with Crippen molar-refractivity contribution < 1.29 is 47.8 Å². The SMILES string of the molecule is CCCCC/C=C\C/C=C\C/C=C\C/C=C\CCCCCCCCCC(=O)OCC(O)COP(=O)(O)OCC(NC(=O)CCCCCCCCCCCCCCCCCCCCCCCC)C(=O)O. The molecule has 69 heavy (non-hydrogen) atoms. The van der Waals surface area contributed by atoms with Gasteiger partial charge in [-0.2, -0.15) is 0 Å². The van der Waals surface area contributed by atoms with Crippen LogP contribution in [0.15, 0.2) is 48.6 Å². The number of carboxylic acids is 1. The minimum atomic E-state index is -4.77. The van der Waals surface area contributed by atoms with Gasteiger partial charge >= 0.3 is 19.8 Å². The first kappa shape index (κ1) is 66.4. The molecule has 3 atom stereocenters. The molecule has 4 N–H and O–H groups in total. The largest absolute Gasteiger partial charge is 0.480 e. The summed E-state index contributed by atoms with van der Waals surface area (Å²) in [4.78, 5) is 46.2. The molecule has 0 rings (SSSR count). The Kier molecular flexibility index (Phi) is 49.9. The van der Waals surface area contributed by atoms with Crippen LogP contribution < -0.4 is 5.32 Å². The highest BCUT2D eigenvalue weighted by molar-refractivity contribution is 7.47. The molecular formula is C57H104NO10P. The number of rotatable bonds is 53. The number of ether oxygens (including phenoxy) is 1. The predicted octanol–water partition coefficient (Wildman–Crippen LogP) is 16.1. The highest BCUT2D eigenvalue weighted by Crippen LogP contribution is 2.43. The van der Waals surface area contributed by atoms with Crippen LogP contribution in [0.25, 0.3) is 0 Å². The van der Waals surface area contributed by atoms with Crippen molar-refractivity contribution in [2.24, 2.45) is 0 Å². The number of nitrogens with one attached hydrogen (secondary N) is 1. The number of carbonyl (C=O) groups excluding carboxylic acids is 2. The molecule has 0 radical (unpaired) electrons. The third-order valence-electron chi connectivity index (χ3n) is 12.4. The second-order valence-electron chi connectivity index (χ2n) is 19.1. The lowest BCUT2D eigenvalue weighted by molar-refractivity contribution is -0.147. The first-order valence-electron chi connectivity index (χ1n) is 28.2. The van der Waals surface area contributed by atoms with Crippen LogP contribution in [0.2, 0.25) is 0 Å². The van der Waals surface area contributed by atoms with Gasteiger partial charge in [0.25, 0.3) is 0 Å². The van der Waals surface area contributed by atoms with Crippen LogP contribution in [0.4, 0.5) is 0 Å². The molecule has 0 saturated heterocycles. The summed E-state index contributed by atoms with van der Waals surface area (Å²) in [6.07, 6.45) is 61.3. The minimum absolute atomic E-state index is 0.148. The van der Waals surface area contributed by atoms with Crippen LogP contribution in [0.1, 0.15) is 264 Å². The number of carbonyl (C=O) groups is 3. The van der Waals surface area contributed by atoms with E-state index in [1.165, 1.54) is 154 Å². The van der Waals surface area contributed by atoms with Crippen molar-refractivity contribution >= 4 is 25.7 Å². The van der Waals surface area contributed by atoms with Crippen molar-refractivity contribution in [1.29, 1.82) is 0 Å². The highest BCUT2D eigenvalue weighted by Gasteiger charge is 2.28. The molecule has 0 saturated carbocycles. The normalized spacial score (nSPS) is 13.8. The average Bonchev–Trinajstić information content (AvgIpc) is 3.33. The molecule has 0 aliphatic rings. The standard InChI is InChI=1S/C57H104NO10P/c1-3-5-7-9-11-13-15-17-19-21-23-25-27-29-31-33-35-37-39-41-43-45-47-49-56(61)66-50-53(59)51-67-69(64,65)68-52-54(57(62)63)58-55(60)48-46-44-42-40-38-36-34-32-30-28-26-24-22-20-18-16-14-12-10-8-6-4-2/h11,13,17,19,23,25,29,31,53-54,59H,3-10,12,14-16,18,20-22,24,26-28,30,32-52H2,1-2H3,(H,58,60)(H,62,63)(H,64,65)/b13-11-,19-17-,25-23-,31-29-. The van der Waals surface area contributed by atoms with Gasteiger partial charge in [-0.15, -0.1) is 0 Å². The fraction of sp³-hybridized carbons (Fsp3) is 0.807. The molecule has 0 spiro atoms. The van der Waals surface area contributed by atoms with E-state index in [4.69, 9.17) is 13.8 Å². The Morgan fingerprint density at radius 3 is 1.22 bits per heavy atom. The van der Waals surface area contributed by atoms with E-state index in [2.05, 4.69) is 67.8 Å². The number of carboxylic acid groups (broad SMARTS) is 1. The lowest BCUT2D eigenvalue weighted by atomic mass is 10.0. The van der Waals surface area contributed by atoms with Gasteiger partial charge in [0.15, 0.2) is 6.04 Å². The number of amides is 1. The van der Waals surface area contributed by atoms with Crippen molar-refractivity contribution in [3.05, 3.63) is 48.6 Å². The van der Waals surface area contributed by atoms with Gasteiger partial charge in [0.1, 0.15) is 12.7 Å². The van der Waals surface area contributed by atoms with E-state index in [0.29, 0.717) is 12.8 Å². The van der Waals surface area contributed by atoms with Crippen molar-refractivity contribution in [3.8, 4) is 0 Å². The van der Waals surface area contributed by atoms with E-state index in [1.807, 2.05) is 0 Å². The third kappa shape index (κ3) is 51.6. The Labute approximate surface area is 422 Å². The number of aliphatic carboxylic acids is 1. The first-order valence-corrected chi connectivity index (χ1v) is 29.7. The number of esters is 1. The molecule has 0 aliphatic carbocycles. The van der Waals surface area contributed by atoms with Gasteiger partial charge in [-0.25, -0.2) is 9.36 Å². The van der Waals surface area contributed by atoms with Crippen LogP contribution in [-0.2, 0) is 32.7 Å². The molecular weight excluding hydrogens is 890 g/mol. The smallest absolute Gasteiger partial charge is 0.472 e. The quantitative estimate of drug-likeness (QED) is 0.0199. The van der Waals surface area contributed by atoms with Crippen molar-refractivity contribution in [3.63, 3.8) is 0 Å². The van der Waals surface area contributed by atoms with Gasteiger partial charge in [0.2, 0.25) is 5.91 Å². The monoisotopic (exact) mass is 994 g/mol. The average molecular weight is 994 g/mol. The Morgan fingerprint density at radius 1 is 0.464 bits per heavy atom. The summed E-state index contributed by atoms with van der Waals surface area (Å²) in [7, 11) is -4.77. The molecule has 402 valence electrons. The number of hydrogen-bond acceptors (Lipinski definition) is 8. The second kappa shape index (κ2) is 51.8. The van der Waals surface area contributed by atoms with Crippen molar-refractivity contribution in [2.45, 2.75) is 276 Å². The van der Waals surface area contributed by atoms with E-state index in [-0.39, 0.29) is 12.8 Å². The summed E-state index contributed by atoms with van der Waals surface area (Å²) >= 11 is 0. The zero-order valence-corrected chi connectivity index (χ0v) is 45.0. The Hall–Kier alpha value is -2.56. The van der Waals surface area contributed by atoms with Crippen LogP contribution in [-0.4, -0.2) is 64.9 Å². The first-order chi connectivity index (χ1) is 33.6. The Bertz CT molecular complexity index is 1350. The Balaban J connectivity index is 3.80. The third-order valence-corrected chi connectivity index (χ3v) is 13.3. The topological polar surface area (TPSA) is 169 Å². The minimum Gasteiger partial charge on any atom is -0.480 e. The fourth-order valence-corrected chi connectivity index (χ4v) is 8.78. The number of phosphoric acid groups is 1. The number of hydrogen-bond donors (Lipinski definition) is 4. The molecule has 0 aromatic heterocycles. The molecule has 0 aromatic carbocycles. The van der Waals surface area contributed by atoms with Gasteiger partial charge < -0.3 is 25.2 Å². The summed E-state index contributed by atoms with van der Waals surface area (Å²) in [6, 6.07) is -1.55. The summed E-state index contributed by atoms with van der Waals surface area (Å²) < 4.78 is 27.0. The van der Waals surface area contributed by atoms with E-state index in [0.717, 1.165) is 70.6 Å². The summed E-state index contributed by atoms with van der Waals surface area (Å²) in [5.41, 5.74) is 0. The Morgan fingerprint density at radius 2 is 0.797 bits per heavy atom. The van der Waals surface area contributed by atoms with Gasteiger partial charge in [-0.1, -0.05) is 242 Å². The van der Waals surface area contributed by atoms with Crippen molar-refractivity contribution in [2.75, 3.05) is 19.8 Å².